The summed E-state index contributed by atoms with van der Waals surface area (Å²) >= 11 is 6.15. The van der Waals surface area contributed by atoms with Gasteiger partial charge in [0.15, 0.2) is 0 Å². The summed E-state index contributed by atoms with van der Waals surface area (Å²) in [5.74, 6) is 0. The Hall–Kier alpha value is -0.530. The van der Waals surface area contributed by atoms with Crippen molar-refractivity contribution in [1.29, 1.82) is 0 Å². The Labute approximate surface area is 91.5 Å². The molecule has 1 atom stereocenters. The van der Waals surface area contributed by atoms with Crippen molar-refractivity contribution in [3.05, 3.63) is 34.9 Å². The molecule has 0 saturated carbocycles. The van der Waals surface area contributed by atoms with E-state index in [1.165, 1.54) is 12.0 Å². The number of nitrogens with one attached hydrogen (secondary N) is 1. The quantitative estimate of drug-likeness (QED) is 0.782. The Morgan fingerprint density at radius 3 is 2.57 bits per heavy atom. The topological polar surface area (TPSA) is 12.0 Å². The number of benzene rings is 1. The smallest absolute Gasteiger partial charge is 0.0453 e. The molecular formula is C12H18ClN. The van der Waals surface area contributed by atoms with E-state index in [4.69, 9.17) is 11.6 Å². The SMILES string of the molecule is CCCC(NCC)c1ccccc1Cl. The Morgan fingerprint density at radius 2 is 2.00 bits per heavy atom. The van der Waals surface area contributed by atoms with Gasteiger partial charge in [-0.2, -0.15) is 0 Å². The molecule has 0 amide bonds. The van der Waals surface area contributed by atoms with Gasteiger partial charge in [-0.05, 0) is 24.6 Å². The van der Waals surface area contributed by atoms with E-state index in [1.807, 2.05) is 18.2 Å². The summed E-state index contributed by atoms with van der Waals surface area (Å²) in [5.41, 5.74) is 1.22. The first-order valence-corrected chi connectivity index (χ1v) is 5.65. The second-order valence-corrected chi connectivity index (χ2v) is 3.83. The van der Waals surface area contributed by atoms with Crippen LogP contribution in [0.25, 0.3) is 0 Å². The minimum Gasteiger partial charge on any atom is -0.310 e. The lowest BCUT2D eigenvalue weighted by molar-refractivity contribution is 0.509. The van der Waals surface area contributed by atoms with Gasteiger partial charge in [0, 0.05) is 11.1 Å². The summed E-state index contributed by atoms with van der Waals surface area (Å²) in [6.45, 7) is 5.30. The third-order valence-electron chi connectivity index (χ3n) is 2.31. The molecular weight excluding hydrogens is 194 g/mol. The van der Waals surface area contributed by atoms with E-state index in [0.29, 0.717) is 6.04 Å². The van der Waals surface area contributed by atoms with Crippen LogP contribution in [-0.2, 0) is 0 Å². The monoisotopic (exact) mass is 211 g/mol. The first-order valence-electron chi connectivity index (χ1n) is 5.27. The van der Waals surface area contributed by atoms with Crippen molar-refractivity contribution >= 4 is 11.6 Å². The van der Waals surface area contributed by atoms with Gasteiger partial charge in [-0.25, -0.2) is 0 Å². The van der Waals surface area contributed by atoms with E-state index < -0.39 is 0 Å². The molecule has 14 heavy (non-hydrogen) atoms. The summed E-state index contributed by atoms with van der Waals surface area (Å²) in [7, 11) is 0. The lowest BCUT2D eigenvalue weighted by Crippen LogP contribution is -2.20. The molecule has 0 aliphatic rings. The van der Waals surface area contributed by atoms with E-state index in [9.17, 15) is 0 Å². The van der Waals surface area contributed by atoms with Crippen LogP contribution in [0.2, 0.25) is 5.02 Å². The van der Waals surface area contributed by atoms with Gasteiger partial charge in [0.25, 0.3) is 0 Å². The fourth-order valence-corrected chi connectivity index (χ4v) is 1.93. The molecule has 1 unspecified atom stereocenters. The summed E-state index contributed by atoms with van der Waals surface area (Å²) in [4.78, 5) is 0. The maximum absolute atomic E-state index is 6.15. The van der Waals surface area contributed by atoms with E-state index in [-0.39, 0.29) is 0 Å². The van der Waals surface area contributed by atoms with Gasteiger partial charge in [-0.1, -0.05) is 50.1 Å². The molecule has 0 saturated heterocycles. The lowest BCUT2D eigenvalue weighted by Gasteiger charge is -2.18. The van der Waals surface area contributed by atoms with Crippen molar-refractivity contribution in [2.45, 2.75) is 32.7 Å². The third kappa shape index (κ3) is 3.00. The summed E-state index contributed by atoms with van der Waals surface area (Å²) in [5, 5.41) is 4.32. The van der Waals surface area contributed by atoms with E-state index in [0.717, 1.165) is 18.0 Å². The highest BCUT2D eigenvalue weighted by atomic mass is 35.5. The molecule has 1 aromatic rings. The molecule has 1 N–H and O–H groups in total. The van der Waals surface area contributed by atoms with Gasteiger partial charge in [-0.3, -0.25) is 0 Å². The minimum absolute atomic E-state index is 0.402. The third-order valence-corrected chi connectivity index (χ3v) is 2.65. The molecule has 0 aliphatic carbocycles. The largest absolute Gasteiger partial charge is 0.310 e. The first kappa shape index (κ1) is 11.5. The van der Waals surface area contributed by atoms with Crippen LogP contribution in [0.1, 0.15) is 38.3 Å². The van der Waals surface area contributed by atoms with Crippen LogP contribution in [0.4, 0.5) is 0 Å². The van der Waals surface area contributed by atoms with Crippen molar-refractivity contribution in [1.82, 2.24) is 5.32 Å². The molecule has 0 aromatic heterocycles. The predicted molar refractivity (Wildman–Crippen MR) is 62.8 cm³/mol. The van der Waals surface area contributed by atoms with E-state index in [2.05, 4.69) is 25.2 Å². The van der Waals surface area contributed by atoms with Crippen molar-refractivity contribution < 1.29 is 0 Å². The zero-order chi connectivity index (χ0) is 10.4. The highest BCUT2D eigenvalue weighted by Gasteiger charge is 2.11. The van der Waals surface area contributed by atoms with Gasteiger partial charge < -0.3 is 5.32 Å². The zero-order valence-corrected chi connectivity index (χ0v) is 9.64. The maximum Gasteiger partial charge on any atom is 0.0453 e. The second kappa shape index (κ2) is 6.05. The molecule has 0 spiro atoms. The number of hydrogen-bond acceptors (Lipinski definition) is 1. The molecule has 78 valence electrons. The Balaban J connectivity index is 2.81. The van der Waals surface area contributed by atoms with E-state index in [1.54, 1.807) is 0 Å². The van der Waals surface area contributed by atoms with Gasteiger partial charge in [0.1, 0.15) is 0 Å². The van der Waals surface area contributed by atoms with Crippen molar-refractivity contribution in [3.8, 4) is 0 Å². The Kier molecular flexibility index (Phi) is 4.99. The van der Waals surface area contributed by atoms with Crippen LogP contribution in [0, 0.1) is 0 Å². The van der Waals surface area contributed by atoms with Crippen LogP contribution >= 0.6 is 11.6 Å². The van der Waals surface area contributed by atoms with Gasteiger partial charge in [0.2, 0.25) is 0 Å². The van der Waals surface area contributed by atoms with Gasteiger partial charge in [-0.15, -0.1) is 0 Å². The molecule has 0 aliphatic heterocycles. The average Bonchev–Trinajstić information content (AvgIpc) is 2.18. The molecule has 1 aromatic carbocycles. The average molecular weight is 212 g/mol. The molecule has 1 rings (SSSR count). The Morgan fingerprint density at radius 1 is 1.29 bits per heavy atom. The number of rotatable bonds is 5. The van der Waals surface area contributed by atoms with Crippen molar-refractivity contribution in [2.24, 2.45) is 0 Å². The molecule has 1 nitrogen and oxygen atoms in total. The Bertz CT molecular complexity index is 267. The van der Waals surface area contributed by atoms with Crippen LogP contribution in [0.3, 0.4) is 0 Å². The first-order chi connectivity index (χ1) is 6.79. The zero-order valence-electron chi connectivity index (χ0n) is 8.89. The normalized spacial score (nSPS) is 12.8. The molecule has 0 fully saturated rings. The predicted octanol–water partition coefficient (Wildman–Crippen LogP) is 3.79. The summed E-state index contributed by atoms with van der Waals surface area (Å²) in [6.07, 6.45) is 2.31. The molecule has 2 heteroatoms. The fourth-order valence-electron chi connectivity index (χ4n) is 1.66. The summed E-state index contributed by atoms with van der Waals surface area (Å²) in [6, 6.07) is 8.48. The standard InChI is InChI=1S/C12H18ClN/c1-3-7-12(14-4-2)10-8-5-6-9-11(10)13/h5-6,8-9,12,14H,3-4,7H2,1-2H3. The van der Waals surface area contributed by atoms with Crippen LogP contribution in [-0.4, -0.2) is 6.54 Å². The second-order valence-electron chi connectivity index (χ2n) is 3.42. The highest BCUT2D eigenvalue weighted by Crippen LogP contribution is 2.25. The van der Waals surface area contributed by atoms with Gasteiger partial charge >= 0.3 is 0 Å². The molecule has 0 radical (unpaired) electrons. The maximum atomic E-state index is 6.15. The number of hydrogen-bond donors (Lipinski definition) is 1. The van der Waals surface area contributed by atoms with Gasteiger partial charge in [0.05, 0.1) is 0 Å². The number of halogens is 1. The molecule has 0 bridgehead atoms. The minimum atomic E-state index is 0.402. The fraction of sp³-hybridized carbons (Fsp3) is 0.500. The van der Waals surface area contributed by atoms with Crippen LogP contribution in [0.15, 0.2) is 24.3 Å². The lowest BCUT2D eigenvalue weighted by atomic mass is 10.0. The van der Waals surface area contributed by atoms with Crippen LogP contribution < -0.4 is 5.32 Å². The molecule has 0 heterocycles. The van der Waals surface area contributed by atoms with Crippen molar-refractivity contribution in [3.63, 3.8) is 0 Å². The van der Waals surface area contributed by atoms with Crippen LogP contribution in [0.5, 0.6) is 0 Å². The summed E-state index contributed by atoms with van der Waals surface area (Å²) < 4.78 is 0. The van der Waals surface area contributed by atoms with Crippen molar-refractivity contribution in [2.75, 3.05) is 6.54 Å². The highest BCUT2D eigenvalue weighted by molar-refractivity contribution is 6.31. The van der Waals surface area contributed by atoms with E-state index >= 15 is 0 Å².